The van der Waals surface area contributed by atoms with Crippen molar-refractivity contribution in [2.24, 2.45) is 0 Å². The van der Waals surface area contributed by atoms with E-state index in [1.165, 1.54) is 120 Å². The Morgan fingerprint density at radius 1 is 0.381 bits per heavy atom. The Labute approximate surface area is 255 Å². The molecular weight excluding hydrogens is 508 g/mol. The molecule has 0 saturated carbocycles. The first kappa shape index (κ1) is 31.4. The van der Waals surface area contributed by atoms with Crippen molar-refractivity contribution in [1.82, 2.24) is 0 Å². The van der Waals surface area contributed by atoms with E-state index in [-0.39, 0.29) is 0 Å². The van der Waals surface area contributed by atoms with Crippen LogP contribution in [0, 0.1) is 27.7 Å². The summed E-state index contributed by atoms with van der Waals surface area (Å²) < 4.78 is 0. The Balaban J connectivity index is 1.04. The number of unbranched alkanes of at least 4 members (excludes halogenated alkanes) is 7. The predicted molar refractivity (Wildman–Crippen MR) is 183 cm³/mol. The Morgan fingerprint density at radius 3 is 0.952 bits per heavy atom. The third kappa shape index (κ3) is 9.51. The molecular formula is C40H52N2. The quantitative estimate of drug-likeness (QED) is 0.112. The Kier molecular flexibility index (Phi) is 11.7. The Morgan fingerprint density at radius 2 is 0.643 bits per heavy atom. The summed E-state index contributed by atoms with van der Waals surface area (Å²) in [4.78, 5) is 0. The minimum absolute atomic E-state index is 0.859. The largest absolute Gasteiger partial charge is 0.399 e. The second kappa shape index (κ2) is 15.6. The van der Waals surface area contributed by atoms with Gasteiger partial charge >= 0.3 is 0 Å². The Bertz CT molecular complexity index is 1260. The zero-order chi connectivity index (χ0) is 29.9. The van der Waals surface area contributed by atoms with Gasteiger partial charge in [-0.05, 0) is 146 Å². The predicted octanol–water partition coefficient (Wildman–Crippen LogP) is 10.2. The van der Waals surface area contributed by atoms with Crippen molar-refractivity contribution in [2.45, 2.75) is 105 Å². The van der Waals surface area contributed by atoms with Gasteiger partial charge in [-0.3, -0.25) is 0 Å². The van der Waals surface area contributed by atoms with Gasteiger partial charge in [0.25, 0.3) is 0 Å². The van der Waals surface area contributed by atoms with E-state index >= 15 is 0 Å². The van der Waals surface area contributed by atoms with Gasteiger partial charge in [-0.1, -0.05) is 87.1 Å². The molecule has 222 valence electrons. The highest BCUT2D eigenvalue weighted by Crippen LogP contribution is 2.23. The van der Waals surface area contributed by atoms with Gasteiger partial charge in [-0.2, -0.15) is 0 Å². The molecule has 0 saturated heterocycles. The molecule has 0 bridgehead atoms. The molecule has 0 aliphatic rings. The van der Waals surface area contributed by atoms with E-state index in [2.05, 4.69) is 100 Å². The van der Waals surface area contributed by atoms with Gasteiger partial charge in [-0.15, -0.1) is 0 Å². The lowest BCUT2D eigenvalue weighted by Gasteiger charge is -2.12. The Hall–Kier alpha value is -3.52. The van der Waals surface area contributed by atoms with Gasteiger partial charge < -0.3 is 11.5 Å². The van der Waals surface area contributed by atoms with Crippen molar-refractivity contribution in [3.63, 3.8) is 0 Å². The van der Waals surface area contributed by atoms with E-state index in [9.17, 15) is 0 Å². The molecule has 0 radical (unpaired) electrons. The van der Waals surface area contributed by atoms with Gasteiger partial charge in [0.05, 0.1) is 0 Å². The highest BCUT2D eigenvalue weighted by Gasteiger charge is 2.07. The first-order valence-corrected chi connectivity index (χ1v) is 16.2. The molecule has 4 rings (SSSR count). The lowest BCUT2D eigenvalue weighted by Crippen LogP contribution is -1.98. The van der Waals surface area contributed by atoms with Crippen molar-refractivity contribution in [1.29, 1.82) is 0 Å². The van der Waals surface area contributed by atoms with Crippen molar-refractivity contribution in [3.05, 3.63) is 128 Å². The number of anilines is 2. The molecule has 0 fully saturated rings. The first-order chi connectivity index (χ1) is 20.3. The highest BCUT2D eigenvalue weighted by molar-refractivity contribution is 5.51. The third-order valence-electron chi connectivity index (χ3n) is 8.93. The number of hydrogen-bond donors (Lipinski definition) is 2. The topological polar surface area (TPSA) is 52.0 Å². The molecule has 0 amide bonds. The normalized spacial score (nSPS) is 11.2. The van der Waals surface area contributed by atoms with Crippen LogP contribution in [0.1, 0.15) is 107 Å². The van der Waals surface area contributed by atoms with Crippen LogP contribution < -0.4 is 11.5 Å². The van der Waals surface area contributed by atoms with Crippen molar-refractivity contribution >= 4 is 11.4 Å². The SMILES string of the molecule is Cc1cc(N)cc(C)c1Cc1ccc(CCCCCCCCCCc2ccc(Cc3c(C)cc(N)cc3C)cc2)cc1. The van der Waals surface area contributed by atoms with Crippen molar-refractivity contribution in [2.75, 3.05) is 11.5 Å². The summed E-state index contributed by atoms with van der Waals surface area (Å²) in [5.74, 6) is 0. The summed E-state index contributed by atoms with van der Waals surface area (Å²) in [6, 6.07) is 26.9. The first-order valence-electron chi connectivity index (χ1n) is 16.2. The molecule has 4 aromatic rings. The fourth-order valence-electron chi connectivity index (χ4n) is 6.39. The summed E-state index contributed by atoms with van der Waals surface area (Å²) in [7, 11) is 0. The van der Waals surface area contributed by atoms with Crippen molar-refractivity contribution < 1.29 is 0 Å². The maximum Gasteiger partial charge on any atom is 0.0319 e. The maximum atomic E-state index is 5.99. The average molecular weight is 561 g/mol. The molecule has 42 heavy (non-hydrogen) atoms. The smallest absolute Gasteiger partial charge is 0.0319 e. The lowest BCUT2D eigenvalue weighted by molar-refractivity contribution is 0.567. The molecule has 4 N–H and O–H groups in total. The van der Waals surface area contributed by atoms with Crippen LogP contribution in [-0.2, 0) is 25.7 Å². The maximum absolute atomic E-state index is 5.99. The fraction of sp³-hybridized carbons (Fsp3) is 0.400. The van der Waals surface area contributed by atoms with Crippen LogP contribution in [-0.4, -0.2) is 0 Å². The van der Waals surface area contributed by atoms with Gasteiger partial charge in [0.15, 0.2) is 0 Å². The summed E-state index contributed by atoms with van der Waals surface area (Å²) in [6.45, 7) is 8.66. The van der Waals surface area contributed by atoms with E-state index in [1.807, 2.05) is 0 Å². The molecule has 0 aliphatic heterocycles. The van der Waals surface area contributed by atoms with Crippen molar-refractivity contribution in [3.8, 4) is 0 Å². The number of rotatable bonds is 15. The van der Waals surface area contributed by atoms with E-state index in [4.69, 9.17) is 11.5 Å². The minimum atomic E-state index is 0.859. The molecule has 4 aromatic carbocycles. The van der Waals surface area contributed by atoms with Crippen LogP contribution in [0.2, 0.25) is 0 Å². The molecule has 0 atom stereocenters. The van der Waals surface area contributed by atoms with E-state index in [0.29, 0.717) is 0 Å². The third-order valence-corrected chi connectivity index (χ3v) is 8.93. The van der Waals surface area contributed by atoms with Crippen LogP contribution in [0.15, 0.2) is 72.8 Å². The van der Waals surface area contributed by atoms with Crippen LogP contribution in [0.3, 0.4) is 0 Å². The van der Waals surface area contributed by atoms with Crippen LogP contribution in [0.4, 0.5) is 11.4 Å². The molecule has 2 nitrogen and oxygen atoms in total. The van der Waals surface area contributed by atoms with E-state index in [1.54, 1.807) is 0 Å². The molecule has 0 unspecified atom stereocenters. The van der Waals surface area contributed by atoms with Gasteiger partial charge in [-0.25, -0.2) is 0 Å². The monoisotopic (exact) mass is 560 g/mol. The highest BCUT2D eigenvalue weighted by atomic mass is 14.5. The second-order valence-corrected chi connectivity index (χ2v) is 12.6. The van der Waals surface area contributed by atoms with Crippen LogP contribution in [0.5, 0.6) is 0 Å². The molecule has 0 heterocycles. The molecule has 0 aromatic heterocycles. The number of nitrogen functional groups attached to an aromatic ring is 2. The summed E-state index contributed by atoms with van der Waals surface area (Å²) in [5, 5.41) is 0. The number of nitrogens with two attached hydrogens (primary N) is 2. The minimum Gasteiger partial charge on any atom is -0.399 e. The summed E-state index contributed by atoms with van der Waals surface area (Å²) in [5.41, 5.74) is 27.4. The lowest BCUT2D eigenvalue weighted by atomic mass is 9.94. The molecule has 0 spiro atoms. The molecule has 2 heteroatoms. The fourth-order valence-corrected chi connectivity index (χ4v) is 6.39. The average Bonchev–Trinajstić information content (AvgIpc) is 2.95. The summed E-state index contributed by atoms with van der Waals surface area (Å²) >= 11 is 0. The van der Waals surface area contributed by atoms with Gasteiger partial charge in [0, 0.05) is 11.4 Å². The van der Waals surface area contributed by atoms with E-state index in [0.717, 1.165) is 24.2 Å². The standard InChI is InChI=1S/C40H52N2/c1-29-23-37(41)24-30(2)39(29)27-35-19-15-33(16-20-35)13-11-9-7-5-6-8-10-12-14-34-17-21-36(22-18-34)28-40-31(3)25-38(42)26-32(40)4/h15-26H,5-14,27-28,41-42H2,1-4H3. The number of benzene rings is 4. The van der Waals surface area contributed by atoms with Gasteiger partial charge in [0.1, 0.15) is 0 Å². The summed E-state index contributed by atoms with van der Waals surface area (Å²) in [6.07, 6.45) is 15.1. The number of hydrogen-bond acceptors (Lipinski definition) is 2. The van der Waals surface area contributed by atoms with Crippen LogP contribution >= 0.6 is 0 Å². The molecule has 0 aliphatic carbocycles. The zero-order valence-electron chi connectivity index (χ0n) is 26.6. The number of aryl methyl sites for hydroxylation is 6. The van der Waals surface area contributed by atoms with Crippen LogP contribution in [0.25, 0.3) is 0 Å². The second-order valence-electron chi connectivity index (χ2n) is 12.6. The van der Waals surface area contributed by atoms with E-state index < -0.39 is 0 Å². The van der Waals surface area contributed by atoms with Gasteiger partial charge in [0.2, 0.25) is 0 Å². The zero-order valence-corrected chi connectivity index (χ0v) is 26.6.